The number of likely N-dealkylation sites (tertiary alicyclic amines) is 1. The summed E-state index contributed by atoms with van der Waals surface area (Å²) in [6.07, 6.45) is 1.11. The number of carbonyl (C=O) groups is 2. The van der Waals surface area contributed by atoms with Gasteiger partial charge in [0.1, 0.15) is 24.1 Å². The number of carbonyl (C=O) groups excluding carboxylic acids is 2. The van der Waals surface area contributed by atoms with Crippen LogP contribution in [0, 0.1) is 17.8 Å². The summed E-state index contributed by atoms with van der Waals surface area (Å²) in [5, 5.41) is 0. The van der Waals surface area contributed by atoms with Gasteiger partial charge in [0, 0.05) is 14.2 Å². The molecule has 1 saturated carbocycles. The van der Waals surface area contributed by atoms with Crippen LogP contribution in [0.15, 0.2) is 0 Å². The Morgan fingerprint density at radius 2 is 1.77 bits per heavy atom. The molecule has 0 aromatic rings. The van der Waals surface area contributed by atoms with E-state index in [0.717, 1.165) is 19.1 Å². The van der Waals surface area contributed by atoms with E-state index in [9.17, 15) is 9.59 Å². The third-order valence-corrected chi connectivity index (χ3v) is 6.33. The molecule has 2 saturated heterocycles. The highest BCUT2D eigenvalue weighted by Crippen LogP contribution is 2.56. The monoisotopic (exact) mass is 423 g/mol. The number of ether oxygens (including phenoxy) is 5. The minimum atomic E-state index is -1.18. The first kappa shape index (κ1) is 23.0. The second kappa shape index (κ2) is 7.79. The number of rotatable bonds is 3. The van der Waals surface area contributed by atoms with Crippen molar-refractivity contribution in [3.63, 3.8) is 0 Å². The molecule has 1 amide bonds. The van der Waals surface area contributed by atoms with Gasteiger partial charge in [-0.2, -0.15) is 0 Å². The van der Waals surface area contributed by atoms with E-state index in [1.165, 1.54) is 14.2 Å². The van der Waals surface area contributed by atoms with Crippen LogP contribution in [0.1, 0.15) is 53.9 Å². The van der Waals surface area contributed by atoms with Crippen molar-refractivity contribution in [2.75, 3.05) is 20.8 Å². The Hall–Kier alpha value is -1.66. The van der Waals surface area contributed by atoms with Gasteiger partial charge >= 0.3 is 6.09 Å². The molecule has 2 aliphatic heterocycles. The fourth-order valence-corrected chi connectivity index (χ4v) is 4.34. The lowest BCUT2D eigenvalue weighted by atomic mass is 9.81. The number of piperidine rings is 1. The number of amides is 1. The predicted molar refractivity (Wildman–Crippen MR) is 107 cm³/mol. The predicted octanol–water partition coefficient (Wildman–Crippen LogP) is 2.49. The van der Waals surface area contributed by atoms with Crippen LogP contribution < -0.4 is 0 Å². The van der Waals surface area contributed by atoms with Crippen molar-refractivity contribution >= 4 is 12.4 Å². The van der Waals surface area contributed by atoms with Gasteiger partial charge in [-0.3, -0.25) is 4.90 Å². The van der Waals surface area contributed by atoms with Crippen molar-refractivity contribution in [2.45, 2.75) is 88.8 Å². The summed E-state index contributed by atoms with van der Waals surface area (Å²) in [6, 6.07) is 0. The van der Waals surface area contributed by atoms with E-state index in [4.69, 9.17) is 23.7 Å². The molecule has 2 heterocycles. The summed E-state index contributed by atoms with van der Waals surface area (Å²) in [7, 11) is 3.07. The summed E-state index contributed by atoms with van der Waals surface area (Å²) < 4.78 is 29.7. The highest BCUT2D eigenvalue weighted by Gasteiger charge is 2.68. The van der Waals surface area contributed by atoms with Gasteiger partial charge in [0.05, 0.1) is 24.4 Å². The highest BCUT2D eigenvalue weighted by atomic mass is 16.8. The Balaban J connectivity index is 1.99. The average Bonchev–Trinajstić information content (AvgIpc) is 3.45. The smallest absolute Gasteiger partial charge is 0.410 e. The van der Waals surface area contributed by atoms with Gasteiger partial charge in [-0.1, -0.05) is 11.8 Å². The van der Waals surface area contributed by atoms with E-state index in [-0.39, 0.29) is 12.3 Å². The Morgan fingerprint density at radius 3 is 2.27 bits per heavy atom. The molecule has 5 atom stereocenters. The van der Waals surface area contributed by atoms with Gasteiger partial charge in [0.2, 0.25) is 11.6 Å². The molecule has 3 aliphatic rings. The molecule has 8 nitrogen and oxygen atoms in total. The van der Waals surface area contributed by atoms with Gasteiger partial charge < -0.3 is 28.5 Å². The van der Waals surface area contributed by atoms with Crippen molar-refractivity contribution in [1.29, 1.82) is 0 Å². The van der Waals surface area contributed by atoms with Crippen molar-refractivity contribution < 1.29 is 33.3 Å². The van der Waals surface area contributed by atoms with E-state index in [2.05, 4.69) is 11.8 Å². The molecule has 168 valence electrons. The lowest BCUT2D eigenvalue weighted by Gasteiger charge is -2.57. The number of hydrogen-bond donors (Lipinski definition) is 0. The molecular weight excluding hydrogens is 390 g/mol. The summed E-state index contributed by atoms with van der Waals surface area (Å²) in [4.78, 5) is 25.6. The standard InChI is InChI=1S/C22H33NO7/c1-19(2,3)30-18(25)23-14-16-17(15(10-8-9-13-24)22(23)11-12-22)29-21(5,27-7)20(4,26-6)28-16/h13,15-17H,9,11-12,14H2,1-7H3/t15-,16-,17-,20+,21+/m1/s1. The molecule has 30 heavy (non-hydrogen) atoms. The summed E-state index contributed by atoms with van der Waals surface area (Å²) in [5.41, 5.74) is -1.12. The molecule has 3 fully saturated rings. The van der Waals surface area contributed by atoms with Gasteiger partial charge in [-0.25, -0.2) is 4.79 Å². The molecule has 0 aromatic carbocycles. The number of methoxy groups -OCH3 is 2. The molecule has 3 rings (SSSR count). The minimum Gasteiger partial charge on any atom is -0.444 e. The number of fused-ring (bicyclic) bond motifs is 1. The third kappa shape index (κ3) is 3.84. The SMILES string of the molecule is CO[C@@]1(C)O[C@@H]2[C@@H](C#CCC=O)C3(CC3)N(C(=O)OC(C)(C)C)C[C@H]2O[C@]1(C)OC. The molecular formula is C22H33NO7. The summed E-state index contributed by atoms with van der Waals surface area (Å²) in [6.45, 7) is 9.33. The molecule has 0 N–H and O–H groups in total. The van der Waals surface area contributed by atoms with E-state index < -0.39 is 41.0 Å². The molecule has 0 unspecified atom stereocenters. The second-order valence-electron chi connectivity index (χ2n) is 9.40. The van der Waals surface area contributed by atoms with Crippen LogP contribution in [0.3, 0.4) is 0 Å². The molecule has 1 aliphatic carbocycles. The summed E-state index contributed by atoms with van der Waals surface area (Å²) in [5.74, 6) is 3.41. The van der Waals surface area contributed by atoms with Gasteiger partial charge in [0.25, 0.3) is 0 Å². The zero-order valence-corrected chi connectivity index (χ0v) is 18.9. The number of aldehydes is 1. The van der Waals surface area contributed by atoms with E-state index in [1.807, 2.05) is 20.8 Å². The van der Waals surface area contributed by atoms with Crippen molar-refractivity contribution in [2.24, 2.45) is 5.92 Å². The van der Waals surface area contributed by atoms with Gasteiger partial charge in [-0.05, 0) is 47.5 Å². The van der Waals surface area contributed by atoms with E-state index in [0.29, 0.717) is 6.54 Å². The average molecular weight is 424 g/mol. The Labute approximate surface area is 178 Å². The first-order valence-electron chi connectivity index (χ1n) is 10.3. The van der Waals surface area contributed by atoms with Crippen LogP contribution in [0.2, 0.25) is 0 Å². The van der Waals surface area contributed by atoms with Crippen LogP contribution >= 0.6 is 0 Å². The fraction of sp³-hybridized carbons (Fsp3) is 0.818. The molecule has 0 bridgehead atoms. The summed E-state index contributed by atoms with van der Waals surface area (Å²) >= 11 is 0. The Bertz CT molecular complexity index is 747. The maximum Gasteiger partial charge on any atom is 0.410 e. The quantitative estimate of drug-likeness (QED) is 0.509. The number of nitrogens with zero attached hydrogens (tertiary/aromatic N) is 1. The van der Waals surface area contributed by atoms with Crippen molar-refractivity contribution in [3.8, 4) is 11.8 Å². The van der Waals surface area contributed by atoms with E-state index in [1.54, 1.807) is 18.7 Å². The van der Waals surface area contributed by atoms with E-state index >= 15 is 0 Å². The molecule has 0 radical (unpaired) electrons. The van der Waals surface area contributed by atoms with Crippen LogP contribution in [-0.2, 0) is 28.5 Å². The fourth-order valence-electron chi connectivity index (χ4n) is 4.34. The van der Waals surface area contributed by atoms with Crippen LogP contribution in [0.5, 0.6) is 0 Å². The maximum atomic E-state index is 13.1. The van der Waals surface area contributed by atoms with Gasteiger partial charge in [-0.15, -0.1) is 0 Å². The maximum absolute atomic E-state index is 13.1. The van der Waals surface area contributed by atoms with Crippen molar-refractivity contribution in [1.82, 2.24) is 4.90 Å². The Kier molecular flexibility index (Phi) is 5.98. The normalized spacial score (nSPS) is 37.0. The topological polar surface area (TPSA) is 83.5 Å². The lowest BCUT2D eigenvalue weighted by molar-refractivity contribution is -0.456. The van der Waals surface area contributed by atoms with Crippen LogP contribution in [0.4, 0.5) is 4.79 Å². The molecule has 8 heteroatoms. The van der Waals surface area contributed by atoms with Gasteiger partial charge in [0.15, 0.2) is 0 Å². The Morgan fingerprint density at radius 1 is 1.17 bits per heavy atom. The third-order valence-electron chi connectivity index (χ3n) is 6.33. The van der Waals surface area contributed by atoms with Crippen LogP contribution in [0.25, 0.3) is 0 Å². The van der Waals surface area contributed by atoms with Crippen molar-refractivity contribution in [3.05, 3.63) is 0 Å². The largest absolute Gasteiger partial charge is 0.444 e. The zero-order valence-electron chi connectivity index (χ0n) is 18.9. The first-order chi connectivity index (χ1) is 14.0. The highest BCUT2D eigenvalue weighted by molar-refractivity contribution is 5.71. The first-order valence-corrected chi connectivity index (χ1v) is 10.3. The second-order valence-corrected chi connectivity index (χ2v) is 9.40. The molecule has 0 aromatic heterocycles. The molecule has 1 spiro atoms. The van der Waals surface area contributed by atoms with Crippen LogP contribution in [-0.4, -0.2) is 73.0 Å². The zero-order chi connectivity index (χ0) is 22.4. The lowest BCUT2D eigenvalue weighted by Crippen LogP contribution is -2.72. The number of hydrogen-bond acceptors (Lipinski definition) is 7. The minimum absolute atomic E-state index is 0.120.